The zero-order valence-electron chi connectivity index (χ0n) is 14.9. The molecule has 1 aromatic carbocycles. The molecule has 1 amide bonds. The third-order valence-electron chi connectivity index (χ3n) is 4.23. The van der Waals surface area contributed by atoms with E-state index >= 15 is 0 Å². The molecular weight excluding hydrogens is 356 g/mol. The third-order valence-corrected chi connectivity index (χ3v) is 4.82. The number of aryl methyl sites for hydroxylation is 1. The van der Waals surface area contributed by atoms with Crippen LogP contribution in [0.1, 0.15) is 37.1 Å². The minimum absolute atomic E-state index is 0.135. The lowest BCUT2D eigenvalue weighted by Crippen LogP contribution is -2.26. The van der Waals surface area contributed by atoms with Crippen molar-refractivity contribution in [2.45, 2.75) is 32.2 Å². The van der Waals surface area contributed by atoms with Crippen molar-refractivity contribution >= 4 is 27.3 Å². The van der Waals surface area contributed by atoms with Crippen molar-refractivity contribution < 1.29 is 17.9 Å². The van der Waals surface area contributed by atoms with Crippen LogP contribution in [-0.4, -0.2) is 37.2 Å². The molecule has 0 saturated carbocycles. The predicted octanol–water partition coefficient (Wildman–Crippen LogP) is 2.15. The van der Waals surface area contributed by atoms with Crippen LogP contribution in [0.4, 0.5) is 11.4 Å². The number of nitrogens with zero attached hydrogens (tertiary/aromatic N) is 2. The van der Waals surface area contributed by atoms with Gasteiger partial charge in [-0.3, -0.25) is 9.52 Å². The number of methoxy groups -OCH3 is 1. The second-order valence-electron chi connectivity index (χ2n) is 6.30. The fraction of sp³-hybridized carbons (Fsp3) is 0.412. The van der Waals surface area contributed by atoms with E-state index in [0.717, 1.165) is 30.6 Å². The SMILES string of the molecule is CCCn1ccnc1[C@H]1CC(=O)Nc2cc(NS(C)(=O)=O)c(OC)cc21. The van der Waals surface area contributed by atoms with E-state index in [-0.39, 0.29) is 23.9 Å². The van der Waals surface area contributed by atoms with Crippen LogP contribution >= 0.6 is 0 Å². The van der Waals surface area contributed by atoms with E-state index in [1.807, 2.05) is 10.8 Å². The van der Waals surface area contributed by atoms with Gasteiger partial charge in [0.2, 0.25) is 15.9 Å². The largest absolute Gasteiger partial charge is 0.495 e. The van der Waals surface area contributed by atoms with Crippen molar-refractivity contribution in [1.29, 1.82) is 0 Å². The molecule has 0 radical (unpaired) electrons. The Bertz CT molecular complexity index is 936. The van der Waals surface area contributed by atoms with Gasteiger partial charge >= 0.3 is 0 Å². The monoisotopic (exact) mass is 378 g/mol. The molecule has 0 saturated heterocycles. The van der Waals surface area contributed by atoms with Crippen molar-refractivity contribution in [2.75, 3.05) is 23.4 Å². The Morgan fingerprint density at radius 2 is 2.19 bits per heavy atom. The number of amides is 1. The van der Waals surface area contributed by atoms with Crippen LogP contribution in [0.5, 0.6) is 5.75 Å². The van der Waals surface area contributed by atoms with E-state index < -0.39 is 10.0 Å². The summed E-state index contributed by atoms with van der Waals surface area (Å²) in [5.74, 6) is 0.850. The van der Waals surface area contributed by atoms with Gasteiger partial charge in [-0.05, 0) is 24.1 Å². The molecule has 2 N–H and O–H groups in total. The molecule has 140 valence electrons. The van der Waals surface area contributed by atoms with Gasteiger partial charge in [-0.2, -0.15) is 0 Å². The molecule has 1 aromatic heterocycles. The lowest BCUT2D eigenvalue weighted by Gasteiger charge is -2.27. The number of carbonyl (C=O) groups is 1. The summed E-state index contributed by atoms with van der Waals surface area (Å²) in [6.45, 7) is 2.89. The van der Waals surface area contributed by atoms with Crippen molar-refractivity contribution in [3.05, 3.63) is 35.9 Å². The molecule has 1 aliphatic heterocycles. The molecule has 0 aliphatic carbocycles. The Labute approximate surface area is 152 Å². The minimum atomic E-state index is -3.48. The lowest BCUT2D eigenvalue weighted by atomic mass is 9.89. The van der Waals surface area contributed by atoms with E-state index in [2.05, 4.69) is 21.9 Å². The normalized spacial score (nSPS) is 16.7. The lowest BCUT2D eigenvalue weighted by molar-refractivity contribution is -0.116. The van der Waals surface area contributed by atoms with Crippen LogP contribution in [0.3, 0.4) is 0 Å². The van der Waals surface area contributed by atoms with Crippen LogP contribution in [0.25, 0.3) is 0 Å². The van der Waals surface area contributed by atoms with Crippen LogP contribution in [0.15, 0.2) is 24.5 Å². The van der Waals surface area contributed by atoms with E-state index in [1.54, 1.807) is 18.3 Å². The first-order chi connectivity index (χ1) is 12.3. The van der Waals surface area contributed by atoms with Gasteiger partial charge in [0.1, 0.15) is 11.6 Å². The number of ether oxygens (including phenoxy) is 1. The zero-order valence-corrected chi connectivity index (χ0v) is 15.8. The highest BCUT2D eigenvalue weighted by Crippen LogP contribution is 2.42. The molecule has 0 fully saturated rings. The van der Waals surface area contributed by atoms with Gasteiger partial charge in [0.25, 0.3) is 0 Å². The van der Waals surface area contributed by atoms with Crippen LogP contribution in [0.2, 0.25) is 0 Å². The zero-order chi connectivity index (χ0) is 18.9. The summed E-state index contributed by atoms with van der Waals surface area (Å²) in [5, 5.41) is 2.81. The van der Waals surface area contributed by atoms with Crippen molar-refractivity contribution in [3.8, 4) is 5.75 Å². The summed E-state index contributed by atoms with van der Waals surface area (Å²) in [7, 11) is -2.00. The number of rotatable bonds is 6. The Morgan fingerprint density at radius 3 is 2.85 bits per heavy atom. The van der Waals surface area contributed by atoms with Gasteiger partial charge in [0.15, 0.2) is 0 Å². The Morgan fingerprint density at radius 1 is 1.42 bits per heavy atom. The topological polar surface area (TPSA) is 102 Å². The first-order valence-corrected chi connectivity index (χ1v) is 10.2. The molecule has 0 unspecified atom stereocenters. The standard InChI is InChI=1S/C17H22N4O4S/c1-4-6-21-7-5-18-17(21)12-9-16(22)19-13-10-14(20-26(3,23)24)15(25-2)8-11(12)13/h5,7-8,10,12,20H,4,6,9H2,1-3H3,(H,19,22)/t12-/m0/s1. The number of sulfonamides is 1. The summed E-state index contributed by atoms with van der Waals surface area (Å²) < 4.78 is 33.0. The summed E-state index contributed by atoms with van der Waals surface area (Å²) in [4.78, 5) is 16.7. The number of aromatic nitrogens is 2. The van der Waals surface area contributed by atoms with E-state index in [1.165, 1.54) is 7.11 Å². The fourth-order valence-corrected chi connectivity index (χ4v) is 3.79. The number of hydrogen-bond donors (Lipinski definition) is 2. The summed E-state index contributed by atoms with van der Waals surface area (Å²) in [6, 6.07) is 3.35. The van der Waals surface area contributed by atoms with Gasteiger partial charge < -0.3 is 14.6 Å². The Balaban J connectivity index is 2.10. The maximum absolute atomic E-state index is 12.2. The molecule has 1 aliphatic rings. The maximum Gasteiger partial charge on any atom is 0.229 e. The number of anilines is 2. The van der Waals surface area contributed by atoms with Crippen molar-refractivity contribution in [2.24, 2.45) is 0 Å². The molecule has 0 spiro atoms. The van der Waals surface area contributed by atoms with Gasteiger partial charge in [-0.25, -0.2) is 13.4 Å². The molecule has 26 heavy (non-hydrogen) atoms. The molecule has 0 bridgehead atoms. The van der Waals surface area contributed by atoms with E-state index in [4.69, 9.17) is 4.74 Å². The highest BCUT2D eigenvalue weighted by atomic mass is 32.2. The van der Waals surface area contributed by atoms with Gasteiger partial charge in [0.05, 0.1) is 25.0 Å². The maximum atomic E-state index is 12.2. The molecule has 8 nitrogen and oxygen atoms in total. The van der Waals surface area contributed by atoms with Gasteiger partial charge in [0, 0.05) is 31.0 Å². The number of hydrogen-bond acceptors (Lipinski definition) is 5. The molecule has 9 heteroatoms. The van der Waals surface area contributed by atoms with Crippen LogP contribution < -0.4 is 14.8 Å². The molecule has 2 heterocycles. The highest BCUT2D eigenvalue weighted by molar-refractivity contribution is 7.92. The molecule has 3 rings (SSSR count). The number of carbonyl (C=O) groups excluding carboxylic acids is 1. The predicted molar refractivity (Wildman–Crippen MR) is 99.1 cm³/mol. The molecule has 1 atom stereocenters. The number of nitrogens with one attached hydrogen (secondary N) is 2. The average Bonchev–Trinajstić information content (AvgIpc) is 3.00. The fourth-order valence-electron chi connectivity index (χ4n) is 3.23. The second kappa shape index (κ2) is 6.99. The molecular formula is C17H22N4O4S. The Kier molecular flexibility index (Phi) is 4.90. The second-order valence-corrected chi connectivity index (χ2v) is 8.05. The number of benzene rings is 1. The average molecular weight is 378 g/mol. The molecule has 2 aromatic rings. The smallest absolute Gasteiger partial charge is 0.229 e. The van der Waals surface area contributed by atoms with Gasteiger partial charge in [-0.15, -0.1) is 0 Å². The van der Waals surface area contributed by atoms with Crippen molar-refractivity contribution in [1.82, 2.24) is 9.55 Å². The number of fused-ring (bicyclic) bond motifs is 1. The summed E-state index contributed by atoms with van der Waals surface area (Å²) in [6.07, 6.45) is 5.93. The van der Waals surface area contributed by atoms with E-state index in [0.29, 0.717) is 11.4 Å². The highest BCUT2D eigenvalue weighted by Gasteiger charge is 2.31. The van der Waals surface area contributed by atoms with Crippen LogP contribution in [-0.2, 0) is 21.4 Å². The first-order valence-electron chi connectivity index (χ1n) is 8.33. The minimum Gasteiger partial charge on any atom is -0.495 e. The summed E-state index contributed by atoms with van der Waals surface area (Å²) >= 11 is 0. The Hall–Kier alpha value is -2.55. The number of imidazole rings is 1. The van der Waals surface area contributed by atoms with Crippen molar-refractivity contribution in [3.63, 3.8) is 0 Å². The van der Waals surface area contributed by atoms with Crippen LogP contribution in [0, 0.1) is 0 Å². The third kappa shape index (κ3) is 3.67. The first kappa shape index (κ1) is 18.2. The quantitative estimate of drug-likeness (QED) is 0.802. The van der Waals surface area contributed by atoms with E-state index in [9.17, 15) is 13.2 Å². The summed E-state index contributed by atoms with van der Waals surface area (Å²) in [5.41, 5.74) is 1.69. The van der Waals surface area contributed by atoms with Gasteiger partial charge in [-0.1, -0.05) is 6.92 Å².